The number of pyridine rings is 1. The summed E-state index contributed by atoms with van der Waals surface area (Å²) in [5, 5.41) is 5.73. The van der Waals surface area contributed by atoms with Gasteiger partial charge in [0.2, 0.25) is 0 Å². The normalized spacial score (nSPS) is 10.9. The molecule has 0 aliphatic rings. The Hall–Kier alpha value is -3.09. The predicted molar refractivity (Wildman–Crippen MR) is 99.8 cm³/mol. The van der Waals surface area contributed by atoms with E-state index in [9.17, 15) is 9.59 Å². The van der Waals surface area contributed by atoms with Gasteiger partial charge in [0.05, 0.1) is 17.5 Å². The van der Waals surface area contributed by atoms with Gasteiger partial charge in [-0.25, -0.2) is 4.98 Å². The molecule has 2 N–H and O–H groups in total. The van der Waals surface area contributed by atoms with Crippen LogP contribution in [0.15, 0.2) is 29.1 Å². The lowest BCUT2D eigenvalue weighted by Gasteiger charge is -2.11. The number of carbonyl (C=O) groups excluding carboxylic acids is 1. The molecule has 0 aliphatic carbocycles. The van der Waals surface area contributed by atoms with Gasteiger partial charge < -0.3 is 10.1 Å². The van der Waals surface area contributed by atoms with Crippen LogP contribution in [0.25, 0.3) is 11.0 Å². The fourth-order valence-electron chi connectivity index (χ4n) is 2.95. The third-order valence-corrected chi connectivity index (χ3v) is 4.16. The Morgan fingerprint density at radius 1 is 1.27 bits per heavy atom. The summed E-state index contributed by atoms with van der Waals surface area (Å²) in [5.74, 6) is 0.480. The van der Waals surface area contributed by atoms with Crippen molar-refractivity contribution in [3.05, 3.63) is 57.0 Å². The SMILES string of the molecule is Cc1ccc(OCCNC(=O)c2cc(C)nc3c2c(=O)[nH]n3C)c(C)c1. The second kappa shape index (κ2) is 7.03. The average molecular weight is 354 g/mol. The van der Waals surface area contributed by atoms with E-state index in [2.05, 4.69) is 15.4 Å². The van der Waals surface area contributed by atoms with Gasteiger partial charge in [0, 0.05) is 12.7 Å². The molecule has 0 saturated heterocycles. The summed E-state index contributed by atoms with van der Waals surface area (Å²) < 4.78 is 7.24. The number of nitrogens with zero attached hydrogens (tertiary/aromatic N) is 2. The molecule has 7 heteroatoms. The Balaban J connectivity index is 1.69. The van der Waals surface area contributed by atoms with Crippen molar-refractivity contribution >= 4 is 16.9 Å². The van der Waals surface area contributed by atoms with Gasteiger partial charge in [-0.2, -0.15) is 0 Å². The third kappa shape index (κ3) is 3.46. The molecule has 26 heavy (non-hydrogen) atoms. The highest BCUT2D eigenvalue weighted by Gasteiger charge is 2.17. The second-order valence-corrected chi connectivity index (χ2v) is 6.38. The molecular formula is C19H22N4O3. The molecule has 1 aromatic carbocycles. The van der Waals surface area contributed by atoms with Crippen molar-refractivity contribution in [3.63, 3.8) is 0 Å². The minimum absolute atomic E-state index is 0.297. The van der Waals surface area contributed by atoms with Crippen LogP contribution in [0.5, 0.6) is 5.75 Å². The molecule has 3 aromatic rings. The fourth-order valence-corrected chi connectivity index (χ4v) is 2.95. The van der Waals surface area contributed by atoms with Crippen molar-refractivity contribution in [3.8, 4) is 5.75 Å². The van der Waals surface area contributed by atoms with Crippen LogP contribution in [0, 0.1) is 20.8 Å². The fraction of sp³-hybridized carbons (Fsp3) is 0.316. The van der Waals surface area contributed by atoms with Gasteiger partial charge in [0.15, 0.2) is 5.65 Å². The molecule has 2 aromatic heterocycles. The lowest BCUT2D eigenvalue weighted by atomic mass is 10.1. The molecular weight excluding hydrogens is 332 g/mol. The summed E-state index contributed by atoms with van der Waals surface area (Å²) >= 11 is 0. The van der Waals surface area contributed by atoms with E-state index in [1.54, 1.807) is 20.0 Å². The van der Waals surface area contributed by atoms with Gasteiger partial charge in [0.1, 0.15) is 12.4 Å². The van der Waals surface area contributed by atoms with Crippen LogP contribution in [-0.2, 0) is 7.05 Å². The topological polar surface area (TPSA) is 89.0 Å². The highest BCUT2D eigenvalue weighted by molar-refractivity contribution is 6.05. The van der Waals surface area contributed by atoms with Crippen molar-refractivity contribution < 1.29 is 9.53 Å². The summed E-state index contributed by atoms with van der Waals surface area (Å²) in [7, 11) is 1.69. The molecule has 0 saturated carbocycles. The van der Waals surface area contributed by atoms with Crippen molar-refractivity contribution in [1.82, 2.24) is 20.1 Å². The van der Waals surface area contributed by atoms with E-state index in [1.165, 1.54) is 10.2 Å². The Labute approximate surface area is 151 Å². The van der Waals surface area contributed by atoms with E-state index in [1.807, 2.05) is 32.0 Å². The van der Waals surface area contributed by atoms with Crippen LogP contribution in [0.4, 0.5) is 0 Å². The first-order valence-electron chi connectivity index (χ1n) is 8.41. The van der Waals surface area contributed by atoms with Crippen molar-refractivity contribution in [2.24, 2.45) is 7.05 Å². The number of benzene rings is 1. The minimum atomic E-state index is -0.327. The summed E-state index contributed by atoms with van der Waals surface area (Å²) in [6, 6.07) is 7.58. The maximum atomic E-state index is 12.5. The standard InChI is InChI=1S/C19H22N4O3/c1-11-5-6-15(12(2)9-11)26-8-7-20-18(24)14-10-13(3)21-17-16(14)19(25)22-23(17)4/h5-6,9-10H,7-8H2,1-4H3,(H,20,24)(H,22,25). The predicted octanol–water partition coefficient (Wildman–Crippen LogP) is 2.00. The molecule has 0 radical (unpaired) electrons. The molecule has 0 bridgehead atoms. The molecule has 0 aliphatic heterocycles. The van der Waals surface area contributed by atoms with Crippen LogP contribution >= 0.6 is 0 Å². The summed E-state index contributed by atoms with van der Waals surface area (Å²) in [6.07, 6.45) is 0. The second-order valence-electron chi connectivity index (χ2n) is 6.38. The van der Waals surface area contributed by atoms with Crippen LogP contribution in [0.2, 0.25) is 0 Å². The monoisotopic (exact) mass is 354 g/mol. The zero-order valence-corrected chi connectivity index (χ0v) is 15.3. The van der Waals surface area contributed by atoms with Crippen LogP contribution < -0.4 is 15.6 Å². The number of fused-ring (bicyclic) bond motifs is 1. The summed E-state index contributed by atoms with van der Waals surface area (Å²) in [6.45, 7) is 6.48. The van der Waals surface area contributed by atoms with E-state index in [0.29, 0.717) is 35.4 Å². The highest BCUT2D eigenvalue weighted by Crippen LogP contribution is 2.18. The molecule has 136 valence electrons. The van der Waals surface area contributed by atoms with Gasteiger partial charge in [-0.05, 0) is 38.5 Å². The van der Waals surface area contributed by atoms with Crippen molar-refractivity contribution in [1.29, 1.82) is 0 Å². The Morgan fingerprint density at radius 3 is 2.77 bits per heavy atom. The van der Waals surface area contributed by atoms with Crippen LogP contribution in [0.1, 0.15) is 27.2 Å². The lowest BCUT2D eigenvalue weighted by molar-refractivity contribution is 0.0948. The number of ether oxygens (including phenoxy) is 1. The van der Waals surface area contributed by atoms with E-state index in [-0.39, 0.29) is 11.5 Å². The number of carbonyl (C=O) groups is 1. The van der Waals surface area contributed by atoms with E-state index >= 15 is 0 Å². The molecule has 0 fully saturated rings. The molecule has 0 atom stereocenters. The molecule has 0 unspecified atom stereocenters. The Morgan fingerprint density at radius 2 is 2.04 bits per heavy atom. The van der Waals surface area contributed by atoms with E-state index < -0.39 is 0 Å². The zero-order chi connectivity index (χ0) is 18.8. The van der Waals surface area contributed by atoms with Gasteiger partial charge >= 0.3 is 0 Å². The number of hydrogen-bond donors (Lipinski definition) is 2. The zero-order valence-electron chi connectivity index (χ0n) is 15.3. The summed E-state index contributed by atoms with van der Waals surface area (Å²) in [5.41, 5.74) is 3.36. The molecule has 0 spiro atoms. The highest BCUT2D eigenvalue weighted by atomic mass is 16.5. The maximum Gasteiger partial charge on any atom is 0.274 e. The van der Waals surface area contributed by atoms with Gasteiger partial charge in [-0.3, -0.25) is 19.4 Å². The lowest BCUT2D eigenvalue weighted by Crippen LogP contribution is -2.29. The minimum Gasteiger partial charge on any atom is -0.491 e. The molecule has 2 heterocycles. The number of H-pyrrole nitrogens is 1. The Bertz CT molecular complexity index is 1030. The first-order chi connectivity index (χ1) is 12.4. The van der Waals surface area contributed by atoms with Gasteiger partial charge in [-0.1, -0.05) is 17.7 Å². The Kier molecular flexibility index (Phi) is 4.79. The van der Waals surface area contributed by atoms with Crippen LogP contribution in [-0.4, -0.2) is 33.8 Å². The van der Waals surface area contributed by atoms with E-state index in [4.69, 9.17) is 4.74 Å². The average Bonchev–Trinajstić information content (AvgIpc) is 2.86. The number of aromatic amines is 1. The quantitative estimate of drug-likeness (QED) is 0.686. The molecule has 1 amide bonds. The number of aryl methyl sites for hydroxylation is 4. The maximum absolute atomic E-state index is 12.5. The van der Waals surface area contributed by atoms with Crippen molar-refractivity contribution in [2.45, 2.75) is 20.8 Å². The molecule has 3 rings (SSSR count). The van der Waals surface area contributed by atoms with Gasteiger partial charge in [0.25, 0.3) is 11.5 Å². The van der Waals surface area contributed by atoms with Gasteiger partial charge in [-0.15, -0.1) is 0 Å². The smallest absolute Gasteiger partial charge is 0.274 e. The first kappa shape index (κ1) is 17.7. The third-order valence-electron chi connectivity index (χ3n) is 4.16. The molecule has 7 nitrogen and oxygen atoms in total. The number of rotatable bonds is 5. The van der Waals surface area contributed by atoms with E-state index in [0.717, 1.165) is 11.3 Å². The number of amides is 1. The number of nitrogens with one attached hydrogen (secondary N) is 2. The first-order valence-corrected chi connectivity index (χ1v) is 8.41. The number of aromatic nitrogens is 3. The van der Waals surface area contributed by atoms with Crippen LogP contribution in [0.3, 0.4) is 0 Å². The summed E-state index contributed by atoms with van der Waals surface area (Å²) in [4.78, 5) is 29.0. The number of hydrogen-bond acceptors (Lipinski definition) is 4. The van der Waals surface area contributed by atoms with Crippen molar-refractivity contribution in [2.75, 3.05) is 13.2 Å². The largest absolute Gasteiger partial charge is 0.491 e.